The molecular weight excluding hydrogens is 515 g/mol. The van der Waals surface area contributed by atoms with E-state index in [1.165, 1.54) is 27.0 Å². The summed E-state index contributed by atoms with van der Waals surface area (Å²) in [6, 6.07) is 4.44. The molecule has 2 aromatic carbocycles. The SMILES string of the molecule is CCOc1cc([C@@H](CS(=O)(=O)C(C)C)N2C(=O)c3c(F)cc(CC)c(NC(=O)CC)c3C2=O)ccc1OC. The third kappa shape index (κ3) is 5.38. The second kappa shape index (κ2) is 11.5. The Balaban J connectivity index is 2.25. The molecule has 9 nitrogen and oxygen atoms in total. The Labute approximate surface area is 222 Å². The van der Waals surface area contributed by atoms with Gasteiger partial charge in [0.15, 0.2) is 21.3 Å². The number of nitrogens with one attached hydrogen (secondary N) is 1. The van der Waals surface area contributed by atoms with Crippen molar-refractivity contribution in [3.8, 4) is 11.5 Å². The Bertz CT molecular complexity index is 1370. The number of hydrogen-bond acceptors (Lipinski definition) is 7. The molecule has 0 radical (unpaired) electrons. The Hall–Kier alpha value is -3.47. The number of carbonyl (C=O) groups excluding carboxylic acids is 3. The fraction of sp³-hybridized carbons (Fsp3) is 0.444. The molecule has 1 aliphatic heterocycles. The Kier molecular flexibility index (Phi) is 8.81. The molecule has 206 valence electrons. The summed E-state index contributed by atoms with van der Waals surface area (Å²) < 4.78 is 52.4. The molecule has 1 atom stereocenters. The second-order valence-corrected chi connectivity index (χ2v) is 11.7. The van der Waals surface area contributed by atoms with Gasteiger partial charge in [0.2, 0.25) is 5.91 Å². The highest BCUT2D eigenvalue weighted by molar-refractivity contribution is 7.92. The van der Waals surface area contributed by atoms with Crippen LogP contribution < -0.4 is 14.8 Å². The van der Waals surface area contributed by atoms with E-state index >= 15 is 4.39 Å². The van der Waals surface area contributed by atoms with E-state index in [-0.39, 0.29) is 30.7 Å². The number of imide groups is 1. The molecule has 3 rings (SSSR count). The van der Waals surface area contributed by atoms with Gasteiger partial charge in [-0.05, 0) is 56.5 Å². The van der Waals surface area contributed by atoms with Crippen LogP contribution in [0.3, 0.4) is 0 Å². The minimum atomic E-state index is -3.80. The van der Waals surface area contributed by atoms with Gasteiger partial charge in [-0.2, -0.15) is 0 Å². The van der Waals surface area contributed by atoms with E-state index in [1.807, 2.05) is 0 Å². The zero-order valence-electron chi connectivity index (χ0n) is 22.4. The van der Waals surface area contributed by atoms with Gasteiger partial charge < -0.3 is 14.8 Å². The topological polar surface area (TPSA) is 119 Å². The number of aryl methyl sites for hydroxylation is 1. The van der Waals surface area contributed by atoms with Crippen LogP contribution in [0.1, 0.15) is 78.9 Å². The van der Waals surface area contributed by atoms with Gasteiger partial charge in [0.25, 0.3) is 11.8 Å². The summed E-state index contributed by atoms with van der Waals surface area (Å²) in [5.41, 5.74) is -0.0706. The summed E-state index contributed by atoms with van der Waals surface area (Å²) in [6.07, 6.45) is 0.384. The standard InChI is InChI=1S/C27H33FN2O7S/c1-7-16-12-18(28)23-24(25(16)29-22(31)8-2)27(33)30(26(23)32)19(14-38(34,35)15(4)5)17-10-11-20(36-6)21(13-17)37-9-3/h10-13,15,19H,7-9,14H2,1-6H3,(H,29,31)/t19-/m1/s1. The van der Waals surface area contributed by atoms with Crippen molar-refractivity contribution >= 4 is 33.2 Å². The highest BCUT2D eigenvalue weighted by atomic mass is 32.2. The van der Waals surface area contributed by atoms with Gasteiger partial charge in [-0.3, -0.25) is 19.3 Å². The predicted octanol–water partition coefficient (Wildman–Crippen LogP) is 4.30. The van der Waals surface area contributed by atoms with Gasteiger partial charge >= 0.3 is 0 Å². The molecule has 0 aliphatic carbocycles. The smallest absolute Gasteiger partial charge is 0.265 e. The van der Waals surface area contributed by atoms with E-state index in [4.69, 9.17) is 9.47 Å². The number of halogens is 1. The average molecular weight is 549 g/mol. The number of fused-ring (bicyclic) bond motifs is 1. The summed E-state index contributed by atoms with van der Waals surface area (Å²) in [5, 5.41) is 1.84. The van der Waals surface area contributed by atoms with Gasteiger partial charge in [-0.15, -0.1) is 0 Å². The lowest BCUT2D eigenvalue weighted by atomic mass is 9.99. The van der Waals surface area contributed by atoms with E-state index in [9.17, 15) is 22.8 Å². The third-order valence-corrected chi connectivity index (χ3v) is 8.70. The summed E-state index contributed by atoms with van der Waals surface area (Å²) in [7, 11) is -2.35. The molecule has 38 heavy (non-hydrogen) atoms. The van der Waals surface area contributed by atoms with Crippen LogP contribution in [0.5, 0.6) is 11.5 Å². The van der Waals surface area contributed by atoms with Crippen LogP contribution in [-0.2, 0) is 21.1 Å². The predicted molar refractivity (Wildman–Crippen MR) is 141 cm³/mol. The van der Waals surface area contributed by atoms with Crippen molar-refractivity contribution in [2.75, 3.05) is 24.8 Å². The highest BCUT2D eigenvalue weighted by Gasteiger charge is 2.46. The van der Waals surface area contributed by atoms with Crippen LogP contribution >= 0.6 is 0 Å². The number of carbonyl (C=O) groups is 3. The van der Waals surface area contributed by atoms with Crippen LogP contribution in [0.25, 0.3) is 0 Å². The van der Waals surface area contributed by atoms with Crippen LogP contribution in [0.4, 0.5) is 10.1 Å². The van der Waals surface area contributed by atoms with Crippen molar-refractivity contribution in [3.05, 3.63) is 52.3 Å². The first-order valence-corrected chi connectivity index (χ1v) is 14.2. The average Bonchev–Trinajstić information content (AvgIpc) is 3.14. The van der Waals surface area contributed by atoms with Crippen LogP contribution in [0.15, 0.2) is 24.3 Å². The van der Waals surface area contributed by atoms with Crippen LogP contribution in [-0.4, -0.2) is 55.8 Å². The minimum absolute atomic E-state index is 0.0619. The number of ether oxygens (including phenoxy) is 2. The molecule has 0 unspecified atom stereocenters. The number of hydrogen-bond donors (Lipinski definition) is 1. The Morgan fingerprint density at radius 3 is 2.26 bits per heavy atom. The molecule has 11 heteroatoms. The maximum atomic E-state index is 15.3. The van der Waals surface area contributed by atoms with Gasteiger partial charge in [0.05, 0.1) is 47.6 Å². The number of rotatable bonds is 11. The summed E-state index contributed by atoms with van der Waals surface area (Å²) in [5.74, 6) is -3.10. The molecule has 0 saturated carbocycles. The summed E-state index contributed by atoms with van der Waals surface area (Å²) in [4.78, 5) is 40.5. The van der Waals surface area contributed by atoms with Crippen molar-refractivity contribution in [2.24, 2.45) is 0 Å². The van der Waals surface area contributed by atoms with E-state index in [2.05, 4.69) is 5.32 Å². The summed E-state index contributed by atoms with van der Waals surface area (Å²) >= 11 is 0. The minimum Gasteiger partial charge on any atom is -0.493 e. The number of sulfone groups is 1. The van der Waals surface area contributed by atoms with Crippen molar-refractivity contribution in [2.45, 2.75) is 58.8 Å². The highest BCUT2D eigenvalue weighted by Crippen LogP contribution is 2.41. The molecule has 3 amide bonds. The lowest BCUT2D eigenvalue weighted by Gasteiger charge is -2.28. The Morgan fingerprint density at radius 2 is 1.71 bits per heavy atom. The largest absolute Gasteiger partial charge is 0.493 e. The third-order valence-electron chi connectivity index (χ3n) is 6.49. The molecule has 1 N–H and O–H groups in total. The molecule has 2 aromatic rings. The molecular formula is C27H33FN2O7S. The maximum absolute atomic E-state index is 15.3. The lowest BCUT2D eigenvalue weighted by molar-refractivity contribution is -0.115. The monoisotopic (exact) mass is 548 g/mol. The Morgan fingerprint density at radius 1 is 1.05 bits per heavy atom. The molecule has 0 bridgehead atoms. The van der Waals surface area contributed by atoms with Gasteiger partial charge in [0, 0.05) is 6.42 Å². The number of anilines is 1. The van der Waals surface area contributed by atoms with Crippen molar-refractivity contribution < 1.29 is 36.7 Å². The molecule has 0 fully saturated rings. The first-order valence-electron chi connectivity index (χ1n) is 12.5. The van der Waals surface area contributed by atoms with Crippen LogP contribution in [0.2, 0.25) is 0 Å². The lowest BCUT2D eigenvalue weighted by Crippen LogP contribution is -2.39. The molecule has 0 spiro atoms. The van der Waals surface area contributed by atoms with Gasteiger partial charge in [-0.1, -0.05) is 19.9 Å². The zero-order valence-corrected chi connectivity index (χ0v) is 23.2. The molecule has 0 aromatic heterocycles. The van der Waals surface area contributed by atoms with E-state index < -0.39 is 56.0 Å². The molecule has 1 aliphatic rings. The summed E-state index contributed by atoms with van der Waals surface area (Å²) in [6.45, 7) is 8.40. The normalized spacial score (nSPS) is 14.1. The van der Waals surface area contributed by atoms with Crippen LogP contribution in [0, 0.1) is 5.82 Å². The quantitative estimate of drug-likeness (QED) is 0.416. The number of methoxy groups -OCH3 is 1. The van der Waals surface area contributed by atoms with E-state index in [0.29, 0.717) is 22.6 Å². The van der Waals surface area contributed by atoms with Crippen molar-refractivity contribution in [1.82, 2.24) is 4.90 Å². The fourth-order valence-electron chi connectivity index (χ4n) is 4.29. The molecule has 1 heterocycles. The second-order valence-electron chi connectivity index (χ2n) is 9.12. The maximum Gasteiger partial charge on any atom is 0.265 e. The first-order chi connectivity index (χ1) is 17.9. The number of amides is 3. The van der Waals surface area contributed by atoms with Gasteiger partial charge in [-0.25, -0.2) is 12.8 Å². The number of nitrogens with zero attached hydrogens (tertiary/aromatic N) is 1. The van der Waals surface area contributed by atoms with E-state index in [1.54, 1.807) is 32.9 Å². The number of benzene rings is 2. The van der Waals surface area contributed by atoms with E-state index in [0.717, 1.165) is 11.0 Å². The fourth-order valence-corrected chi connectivity index (χ4v) is 5.46. The first kappa shape index (κ1) is 29.1. The van der Waals surface area contributed by atoms with Gasteiger partial charge in [0.1, 0.15) is 5.82 Å². The molecule has 0 saturated heterocycles. The van der Waals surface area contributed by atoms with Crippen molar-refractivity contribution in [3.63, 3.8) is 0 Å². The zero-order chi connectivity index (χ0) is 28.4. The van der Waals surface area contributed by atoms with Crippen molar-refractivity contribution in [1.29, 1.82) is 0 Å².